The van der Waals surface area contributed by atoms with E-state index in [4.69, 9.17) is 17.0 Å². The van der Waals surface area contributed by atoms with Gasteiger partial charge in [0.15, 0.2) is 0 Å². The van der Waals surface area contributed by atoms with Crippen molar-refractivity contribution < 1.29 is 14.3 Å². The Morgan fingerprint density at radius 3 is 2.68 bits per heavy atom. The van der Waals surface area contributed by atoms with E-state index >= 15 is 0 Å². The van der Waals surface area contributed by atoms with Crippen LogP contribution in [0.5, 0.6) is 0 Å². The van der Waals surface area contributed by atoms with Crippen molar-refractivity contribution in [3.05, 3.63) is 31.9 Å². The van der Waals surface area contributed by atoms with Gasteiger partial charge in [0.05, 0.1) is 17.4 Å². The number of nitrogens with zero attached hydrogens (tertiary/aromatic N) is 4. The summed E-state index contributed by atoms with van der Waals surface area (Å²) in [6.07, 6.45) is 4.85. The highest BCUT2D eigenvalue weighted by Crippen LogP contribution is 2.36. The first-order valence-electron chi connectivity index (χ1n) is 11.6. The number of carbonyl (C=O) groups is 2. The minimum absolute atomic E-state index is 0.0667. The monoisotopic (exact) mass is 502 g/mol. The highest BCUT2D eigenvalue weighted by atomic mass is 32.2. The smallest absolute Gasteiger partial charge is 0.310 e. The number of thioether (sulfide) groups is 1. The lowest BCUT2D eigenvalue weighted by atomic mass is 9.96. The van der Waals surface area contributed by atoms with E-state index in [1.807, 2.05) is 11.8 Å². The molecule has 10 heteroatoms. The number of carbonyl (C=O) groups excluding carboxylic acids is 2. The number of likely N-dealkylation sites (N-methyl/N-ethyl adjacent to an activating group) is 1. The summed E-state index contributed by atoms with van der Waals surface area (Å²) in [5, 5.41) is 9.79. The minimum atomic E-state index is -0.345. The first kappa shape index (κ1) is 26.0. The Labute approximate surface area is 209 Å². The number of rotatable bonds is 7. The van der Waals surface area contributed by atoms with Crippen LogP contribution in [0.15, 0.2) is 9.70 Å². The molecule has 182 valence electrons. The van der Waals surface area contributed by atoms with Gasteiger partial charge in [-0.3, -0.25) is 23.9 Å². The molecule has 0 aromatic carbocycles. The predicted octanol–water partition coefficient (Wildman–Crippen LogP) is 3.44. The molecule has 1 aromatic heterocycles. The highest BCUT2D eigenvalue weighted by molar-refractivity contribution is 8.26. The number of unbranched alkanes of at least 4 members (excludes halogenated alkanes) is 1. The summed E-state index contributed by atoms with van der Waals surface area (Å²) < 4.78 is 7.36. The van der Waals surface area contributed by atoms with Crippen molar-refractivity contribution in [2.24, 2.45) is 5.92 Å². The van der Waals surface area contributed by atoms with E-state index in [1.165, 1.54) is 16.7 Å². The van der Waals surface area contributed by atoms with Gasteiger partial charge in [0.1, 0.15) is 21.8 Å². The van der Waals surface area contributed by atoms with E-state index < -0.39 is 0 Å². The lowest BCUT2D eigenvalue weighted by Crippen LogP contribution is -2.43. The standard InChI is InChI=1S/C24H30N4O4S2/c1-5-7-11-28-20(27-10-8-9-16(14-27)23(31)32-6-2)17(15(3)18(13-25)21(28)29)12-19-22(30)26(4)24(33)34-19/h12,16H,5-11,14H2,1-4H3. The molecule has 2 aliphatic heterocycles. The van der Waals surface area contributed by atoms with Crippen molar-refractivity contribution in [3.63, 3.8) is 0 Å². The molecular weight excluding hydrogens is 472 g/mol. The van der Waals surface area contributed by atoms with Gasteiger partial charge in [-0.2, -0.15) is 5.26 Å². The summed E-state index contributed by atoms with van der Waals surface area (Å²) in [5.41, 5.74) is 0.888. The molecule has 1 unspecified atom stereocenters. The number of hydrogen-bond donors (Lipinski definition) is 0. The summed E-state index contributed by atoms with van der Waals surface area (Å²) in [5.74, 6) is -0.118. The van der Waals surface area contributed by atoms with Gasteiger partial charge in [0.25, 0.3) is 11.5 Å². The van der Waals surface area contributed by atoms with E-state index in [1.54, 1.807) is 31.5 Å². The number of pyridine rings is 1. The lowest BCUT2D eigenvalue weighted by Gasteiger charge is -2.36. The van der Waals surface area contributed by atoms with Crippen molar-refractivity contribution in [1.82, 2.24) is 9.47 Å². The van der Waals surface area contributed by atoms with Crippen LogP contribution >= 0.6 is 24.0 Å². The maximum atomic E-state index is 13.4. The summed E-state index contributed by atoms with van der Waals surface area (Å²) in [4.78, 5) is 42.5. The molecule has 1 atom stereocenters. The predicted molar refractivity (Wildman–Crippen MR) is 138 cm³/mol. The number of hydrogen-bond acceptors (Lipinski definition) is 8. The fourth-order valence-corrected chi connectivity index (χ4v) is 5.47. The van der Waals surface area contributed by atoms with Crippen LogP contribution < -0.4 is 10.5 Å². The van der Waals surface area contributed by atoms with Crippen LogP contribution in [0.4, 0.5) is 5.82 Å². The van der Waals surface area contributed by atoms with Crippen molar-refractivity contribution in [2.45, 2.75) is 53.0 Å². The van der Waals surface area contributed by atoms with E-state index in [9.17, 15) is 19.6 Å². The van der Waals surface area contributed by atoms with Crippen LogP contribution in [0.3, 0.4) is 0 Å². The average Bonchev–Trinajstić information content (AvgIpc) is 3.06. The molecule has 0 N–H and O–H groups in total. The number of ether oxygens (including phenoxy) is 1. The van der Waals surface area contributed by atoms with Crippen LogP contribution in [-0.2, 0) is 20.9 Å². The molecule has 3 heterocycles. The number of thiocarbonyl (C=S) groups is 1. The zero-order chi connectivity index (χ0) is 25.0. The molecule has 0 radical (unpaired) electrons. The lowest BCUT2D eigenvalue weighted by molar-refractivity contribution is -0.148. The van der Waals surface area contributed by atoms with Crippen molar-refractivity contribution in [3.8, 4) is 6.07 Å². The van der Waals surface area contributed by atoms with E-state index in [0.29, 0.717) is 58.8 Å². The molecule has 0 bridgehead atoms. The third-order valence-electron chi connectivity index (χ3n) is 6.18. The molecule has 8 nitrogen and oxygen atoms in total. The molecule has 1 amide bonds. The van der Waals surface area contributed by atoms with Gasteiger partial charge in [0, 0.05) is 32.2 Å². The second kappa shape index (κ2) is 11.2. The van der Waals surface area contributed by atoms with Gasteiger partial charge in [-0.1, -0.05) is 37.3 Å². The molecule has 2 aliphatic rings. The average molecular weight is 503 g/mol. The van der Waals surface area contributed by atoms with Crippen LogP contribution in [0.1, 0.15) is 56.2 Å². The van der Waals surface area contributed by atoms with Crippen molar-refractivity contribution >= 4 is 52.1 Å². The summed E-state index contributed by atoms with van der Waals surface area (Å²) in [7, 11) is 1.63. The maximum Gasteiger partial charge on any atom is 0.310 e. The van der Waals surface area contributed by atoms with E-state index in [0.717, 1.165) is 19.3 Å². The van der Waals surface area contributed by atoms with E-state index in [-0.39, 0.29) is 28.9 Å². The Morgan fingerprint density at radius 2 is 2.09 bits per heavy atom. The van der Waals surface area contributed by atoms with Gasteiger partial charge >= 0.3 is 5.97 Å². The molecule has 2 saturated heterocycles. The molecule has 3 rings (SSSR count). The number of aromatic nitrogens is 1. The Balaban J connectivity index is 2.22. The van der Waals surface area contributed by atoms with Crippen molar-refractivity contribution in [1.29, 1.82) is 5.26 Å². The second-order valence-electron chi connectivity index (χ2n) is 8.44. The minimum Gasteiger partial charge on any atom is -0.466 e. The van der Waals surface area contributed by atoms with Gasteiger partial charge in [-0.25, -0.2) is 0 Å². The highest BCUT2D eigenvalue weighted by Gasteiger charge is 2.33. The largest absolute Gasteiger partial charge is 0.466 e. The first-order valence-corrected chi connectivity index (χ1v) is 12.8. The third kappa shape index (κ3) is 5.05. The molecular formula is C24H30N4O4S2. The molecule has 0 saturated carbocycles. The topological polar surface area (TPSA) is 95.6 Å². The molecule has 0 aliphatic carbocycles. The van der Waals surface area contributed by atoms with Gasteiger partial charge in [-0.05, 0) is 44.7 Å². The second-order valence-corrected chi connectivity index (χ2v) is 10.1. The van der Waals surface area contributed by atoms with Gasteiger partial charge in [0.2, 0.25) is 0 Å². The van der Waals surface area contributed by atoms with Crippen LogP contribution in [0.25, 0.3) is 6.08 Å². The normalized spacial score (nSPS) is 19.6. The molecule has 0 spiro atoms. The third-order valence-corrected chi connectivity index (χ3v) is 7.67. The molecule has 1 aromatic rings. The van der Waals surface area contributed by atoms with Gasteiger partial charge < -0.3 is 9.64 Å². The Kier molecular flexibility index (Phi) is 8.55. The molecule has 2 fully saturated rings. The fraction of sp³-hybridized carbons (Fsp3) is 0.542. The zero-order valence-electron chi connectivity index (χ0n) is 20.0. The number of esters is 1. The van der Waals surface area contributed by atoms with E-state index in [2.05, 4.69) is 6.07 Å². The maximum absolute atomic E-state index is 13.4. The van der Waals surface area contributed by atoms with Crippen LogP contribution in [0, 0.1) is 24.2 Å². The Hall–Kier alpha value is -2.64. The fourth-order valence-electron chi connectivity index (χ4n) is 4.31. The van der Waals surface area contributed by atoms with Crippen LogP contribution in [0.2, 0.25) is 0 Å². The van der Waals surface area contributed by atoms with Gasteiger partial charge in [-0.15, -0.1) is 0 Å². The summed E-state index contributed by atoms with van der Waals surface area (Å²) in [6, 6.07) is 2.07. The van der Waals surface area contributed by atoms with Crippen LogP contribution in [-0.4, -0.2) is 52.4 Å². The first-order chi connectivity index (χ1) is 16.2. The number of amides is 1. The summed E-state index contributed by atoms with van der Waals surface area (Å²) in [6.45, 7) is 7.38. The Bertz CT molecular complexity index is 1140. The molecule has 34 heavy (non-hydrogen) atoms. The zero-order valence-corrected chi connectivity index (χ0v) is 21.7. The van der Waals surface area contributed by atoms with Crippen molar-refractivity contribution in [2.75, 3.05) is 31.6 Å². The summed E-state index contributed by atoms with van der Waals surface area (Å²) >= 11 is 6.48. The number of anilines is 1. The Morgan fingerprint density at radius 1 is 1.35 bits per heavy atom. The quantitative estimate of drug-likeness (QED) is 0.318. The number of piperidine rings is 1. The SMILES string of the molecule is CCCCn1c(N2CCCC(C(=O)OCC)C2)c(C=C2SC(=S)N(C)C2=O)c(C)c(C#N)c1=O. The number of nitriles is 1.